The number of halogens is 1. The Hall–Kier alpha value is -2.06. The van der Waals surface area contributed by atoms with E-state index in [9.17, 15) is 9.90 Å². The van der Waals surface area contributed by atoms with Crippen LogP contribution in [-0.2, 0) is 0 Å². The fourth-order valence-electron chi connectivity index (χ4n) is 6.16. The molecule has 3 aliphatic rings. The summed E-state index contributed by atoms with van der Waals surface area (Å²) < 4.78 is 0. The summed E-state index contributed by atoms with van der Waals surface area (Å²) in [6.07, 6.45) is 4.75. The van der Waals surface area contributed by atoms with E-state index in [0.29, 0.717) is 28.5 Å². The Labute approximate surface area is 208 Å². The molecule has 0 unspecified atom stereocenters. The number of thiophene rings is 1. The molecule has 3 aromatic rings. The van der Waals surface area contributed by atoms with Crippen LogP contribution in [0.5, 0.6) is 0 Å². The van der Waals surface area contributed by atoms with Gasteiger partial charge in [0, 0.05) is 46.6 Å². The number of piperidine rings is 1. The molecular formula is C26H29ClN4O2S. The molecule has 2 N–H and O–H groups in total. The van der Waals surface area contributed by atoms with Gasteiger partial charge in [-0.2, -0.15) is 0 Å². The van der Waals surface area contributed by atoms with Crippen molar-refractivity contribution in [3.63, 3.8) is 0 Å². The van der Waals surface area contributed by atoms with Crippen LogP contribution in [0.25, 0.3) is 10.2 Å². The van der Waals surface area contributed by atoms with Crippen molar-refractivity contribution >= 4 is 39.1 Å². The first-order valence-corrected chi connectivity index (χ1v) is 13.3. The minimum Gasteiger partial charge on any atom is -0.394 e. The number of carbonyl (C=O) groups excluding carboxylic acids is 1. The van der Waals surface area contributed by atoms with Crippen LogP contribution >= 0.6 is 22.9 Å². The highest BCUT2D eigenvalue weighted by molar-refractivity contribution is 7.16. The highest BCUT2D eigenvalue weighted by Crippen LogP contribution is 2.57. The van der Waals surface area contributed by atoms with Gasteiger partial charge in [-0.05, 0) is 74.1 Å². The van der Waals surface area contributed by atoms with Gasteiger partial charge in [-0.15, -0.1) is 11.3 Å². The molecule has 3 fully saturated rings. The largest absolute Gasteiger partial charge is 0.394 e. The van der Waals surface area contributed by atoms with Crippen molar-refractivity contribution < 1.29 is 9.90 Å². The Balaban J connectivity index is 1.20. The molecule has 4 heterocycles. The van der Waals surface area contributed by atoms with E-state index in [4.69, 9.17) is 16.6 Å². The summed E-state index contributed by atoms with van der Waals surface area (Å²) in [5, 5.41) is 17.3. The zero-order valence-electron chi connectivity index (χ0n) is 19.4. The molecule has 6 rings (SSSR count). The number of rotatable bonds is 5. The predicted molar refractivity (Wildman–Crippen MR) is 135 cm³/mol. The number of benzene rings is 1. The van der Waals surface area contributed by atoms with Crippen molar-refractivity contribution in [3.05, 3.63) is 57.3 Å². The standard InChI is InChI=1S/C26H29ClN4O2S/c1-14-28-23(19-6-8-34-24(19)29-14)21-11-20(21)18-4-3-15(9-22(18)27)25(33)31(2)17-10-16-5-7-26(12-17,13-32)30-16/h3-4,6,8-9,16-17,20-21,30,32H,5,7,10-13H2,1-2H3/t16-,17+,20+,21-,26+/m1/s1. The maximum absolute atomic E-state index is 13.3. The Morgan fingerprint density at radius 2 is 2.15 bits per heavy atom. The summed E-state index contributed by atoms with van der Waals surface area (Å²) in [6.45, 7) is 2.06. The van der Waals surface area contributed by atoms with Crippen LogP contribution in [0.2, 0.25) is 5.02 Å². The molecule has 8 heteroatoms. The lowest BCUT2D eigenvalue weighted by Gasteiger charge is -2.41. The SMILES string of the molecule is Cc1nc([C@@H]2C[C@H]2c2ccc(C(=O)N(C)[C@H]3C[C@H]4CC[C@@](CO)(C3)N4)cc2Cl)c2ccsc2n1. The topological polar surface area (TPSA) is 78.4 Å². The first-order valence-electron chi connectivity index (χ1n) is 12.0. The van der Waals surface area contributed by atoms with E-state index in [0.717, 1.165) is 59.4 Å². The number of hydrogen-bond acceptors (Lipinski definition) is 6. The molecule has 2 aromatic heterocycles. The maximum Gasteiger partial charge on any atom is 0.253 e. The number of fused-ring (bicyclic) bond motifs is 3. The zero-order chi connectivity index (χ0) is 23.6. The average molecular weight is 497 g/mol. The van der Waals surface area contributed by atoms with Crippen LogP contribution in [0.4, 0.5) is 0 Å². The third-order valence-electron chi connectivity index (χ3n) is 8.09. The zero-order valence-corrected chi connectivity index (χ0v) is 21.0. The number of nitrogens with one attached hydrogen (secondary N) is 1. The van der Waals surface area contributed by atoms with Crippen LogP contribution in [0, 0.1) is 6.92 Å². The average Bonchev–Trinajstić information content (AvgIpc) is 3.37. The van der Waals surface area contributed by atoms with Crippen LogP contribution in [0.1, 0.15) is 71.4 Å². The molecule has 178 valence electrons. The lowest BCUT2D eigenvalue weighted by molar-refractivity contribution is 0.0566. The van der Waals surface area contributed by atoms with Crippen LogP contribution < -0.4 is 5.32 Å². The van der Waals surface area contributed by atoms with Crippen molar-refractivity contribution in [2.75, 3.05) is 13.7 Å². The summed E-state index contributed by atoms with van der Waals surface area (Å²) in [5.74, 6) is 1.45. The number of carbonyl (C=O) groups is 1. The van der Waals surface area contributed by atoms with E-state index < -0.39 is 0 Å². The van der Waals surface area contributed by atoms with Crippen LogP contribution in [0.15, 0.2) is 29.6 Å². The number of aromatic nitrogens is 2. The fraction of sp³-hybridized carbons (Fsp3) is 0.500. The second-order valence-electron chi connectivity index (χ2n) is 10.3. The molecule has 2 aliphatic heterocycles. The van der Waals surface area contributed by atoms with Crippen molar-refractivity contribution in [3.8, 4) is 0 Å². The Kier molecular flexibility index (Phi) is 5.44. The normalized spacial score (nSPS) is 30.0. The summed E-state index contributed by atoms with van der Waals surface area (Å²) in [7, 11) is 1.88. The van der Waals surface area contributed by atoms with E-state index in [1.165, 1.54) is 0 Å². The predicted octanol–water partition coefficient (Wildman–Crippen LogP) is 4.64. The van der Waals surface area contributed by atoms with Gasteiger partial charge >= 0.3 is 0 Å². The lowest BCUT2D eigenvalue weighted by atomic mass is 9.87. The number of aliphatic hydroxyl groups excluding tert-OH is 1. The summed E-state index contributed by atoms with van der Waals surface area (Å²) >= 11 is 8.39. The monoisotopic (exact) mass is 496 g/mol. The number of hydrogen-bond donors (Lipinski definition) is 2. The molecule has 2 saturated heterocycles. The van der Waals surface area contributed by atoms with Gasteiger partial charge < -0.3 is 15.3 Å². The third-order valence-corrected chi connectivity index (χ3v) is 9.22. The van der Waals surface area contributed by atoms with Crippen molar-refractivity contribution in [1.29, 1.82) is 0 Å². The van der Waals surface area contributed by atoms with Gasteiger partial charge in [-0.25, -0.2) is 9.97 Å². The van der Waals surface area contributed by atoms with Gasteiger partial charge in [-0.1, -0.05) is 17.7 Å². The van der Waals surface area contributed by atoms with Crippen molar-refractivity contribution in [2.24, 2.45) is 0 Å². The maximum atomic E-state index is 13.3. The Morgan fingerprint density at radius 1 is 1.29 bits per heavy atom. The molecule has 34 heavy (non-hydrogen) atoms. The van der Waals surface area contributed by atoms with E-state index in [1.54, 1.807) is 11.3 Å². The molecule has 1 saturated carbocycles. The smallest absolute Gasteiger partial charge is 0.253 e. The molecule has 0 radical (unpaired) electrons. The van der Waals surface area contributed by atoms with Gasteiger partial charge in [0.25, 0.3) is 5.91 Å². The minimum absolute atomic E-state index is 0.00778. The van der Waals surface area contributed by atoms with Gasteiger partial charge in [0.15, 0.2) is 0 Å². The van der Waals surface area contributed by atoms with E-state index in [-0.39, 0.29) is 24.1 Å². The van der Waals surface area contributed by atoms with Gasteiger partial charge in [-0.3, -0.25) is 4.79 Å². The number of nitrogens with zero attached hydrogens (tertiary/aromatic N) is 3. The van der Waals surface area contributed by atoms with Gasteiger partial charge in [0.05, 0.1) is 12.3 Å². The Morgan fingerprint density at radius 3 is 2.94 bits per heavy atom. The van der Waals surface area contributed by atoms with Gasteiger partial charge in [0.2, 0.25) is 0 Å². The molecule has 6 nitrogen and oxygen atoms in total. The first-order chi connectivity index (χ1) is 16.4. The fourth-order valence-corrected chi connectivity index (χ4v) is 7.29. The molecule has 0 spiro atoms. The Bertz CT molecular complexity index is 1280. The number of aliphatic hydroxyl groups is 1. The molecule has 1 amide bonds. The molecule has 2 bridgehead atoms. The molecule has 1 aromatic carbocycles. The third kappa shape index (κ3) is 3.73. The number of aryl methyl sites for hydroxylation is 1. The van der Waals surface area contributed by atoms with Gasteiger partial charge in [0.1, 0.15) is 10.7 Å². The molecular weight excluding hydrogens is 468 g/mol. The van der Waals surface area contributed by atoms with Crippen molar-refractivity contribution in [1.82, 2.24) is 20.2 Å². The van der Waals surface area contributed by atoms with Crippen LogP contribution in [0.3, 0.4) is 0 Å². The number of amides is 1. The summed E-state index contributed by atoms with van der Waals surface area (Å²) in [5.41, 5.74) is 2.58. The summed E-state index contributed by atoms with van der Waals surface area (Å²) in [6, 6.07) is 8.37. The lowest BCUT2D eigenvalue weighted by Crippen LogP contribution is -2.57. The first kappa shape index (κ1) is 22.4. The van der Waals surface area contributed by atoms with Crippen molar-refractivity contribution in [2.45, 2.75) is 68.5 Å². The molecule has 1 aliphatic carbocycles. The highest BCUT2D eigenvalue weighted by Gasteiger charge is 2.47. The van der Waals surface area contributed by atoms with E-state index in [2.05, 4.69) is 21.7 Å². The summed E-state index contributed by atoms with van der Waals surface area (Å²) in [4.78, 5) is 25.5. The molecule has 5 atom stereocenters. The second kappa shape index (κ2) is 8.26. The highest BCUT2D eigenvalue weighted by atomic mass is 35.5. The quantitative estimate of drug-likeness (QED) is 0.538. The minimum atomic E-state index is -0.238. The van der Waals surface area contributed by atoms with E-state index >= 15 is 0 Å². The van der Waals surface area contributed by atoms with E-state index in [1.807, 2.05) is 37.1 Å². The second-order valence-corrected chi connectivity index (χ2v) is 11.6. The van der Waals surface area contributed by atoms with Crippen LogP contribution in [-0.4, -0.2) is 57.2 Å².